The van der Waals surface area contributed by atoms with Crippen LogP contribution >= 0.6 is 0 Å². The SMILES string of the molecule is CC(=O)N1CCN(c2cc(C3CC(C)(C)NC3=O)ccc2C(=O)N2CCN(c3ncc(C)cc3C)CC2)C1=O. The number of amides is 5. The maximum Gasteiger partial charge on any atom is 0.331 e. The van der Waals surface area contributed by atoms with Crippen LogP contribution in [0, 0.1) is 13.8 Å². The van der Waals surface area contributed by atoms with Crippen LogP contribution < -0.4 is 15.1 Å². The Balaban J connectivity index is 1.42. The standard InChI is InChI=1S/C29H36N6O4/c1-18-14-19(2)25(30-17-18)32-8-10-33(11-9-32)27(38)22-7-6-21(23-16-29(4,5)31-26(23)37)15-24(22)35-13-12-34(20(3)36)28(35)39/h6-7,14-15,17,23H,8-13,16H2,1-5H3,(H,31,37). The lowest BCUT2D eigenvalue weighted by molar-refractivity contribution is -0.125. The van der Waals surface area contributed by atoms with E-state index in [1.165, 1.54) is 16.7 Å². The van der Waals surface area contributed by atoms with Crippen molar-refractivity contribution in [2.75, 3.05) is 49.1 Å². The maximum absolute atomic E-state index is 13.8. The number of anilines is 2. The third kappa shape index (κ3) is 5.07. The molecule has 1 atom stereocenters. The molecule has 10 heteroatoms. The molecule has 0 bridgehead atoms. The monoisotopic (exact) mass is 532 g/mol. The number of imide groups is 1. The third-order valence-electron chi connectivity index (χ3n) is 7.88. The van der Waals surface area contributed by atoms with Crippen molar-refractivity contribution < 1.29 is 19.2 Å². The topological polar surface area (TPSA) is 106 Å². The molecule has 0 spiro atoms. The van der Waals surface area contributed by atoms with Gasteiger partial charge in [0.15, 0.2) is 0 Å². The van der Waals surface area contributed by atoms with Crippen molar-refractivity contribution in [2.24, 2.45) is 0 Å². The lowest BCUT2D eigenvalue weighted by Crippen LogP contribution is -2.49. The highest BCUT2D eigenvalue weighted by atomic mass is 16.2. The predicted molar refractivity (Wildman–Crippen MR) is 148 cm³/mol. The number of urea groups is 1. The Kier molecular flexibility index (Phi) is 6.82. The Labute approximate surface area is 228 Å². The minimum Gasteiger partial charge on any atom is -0.353 e. The van der Waals surface area contributed by atoms with Gasteiger partial charge in [0.1, 0.15) is 5.82 Å². The van der Waals surface area contributed by atoms with Crippen molar-refractivity contribution in [2.45, 2.75) is 52.5 Å². The van der Waals surface area contributed by atoms with E-state index in [1.54, 1.807) is 17.0 Å². The summed E-state index contributed by atoms with van der Waals surface area (Å²) >= 11 is 0. The smallest absolute Gasteiger partial charge is 0.331 e. The van der Waals surface area contributed by atoms with Gasteiger partial charge in [0.25, 0.3) is 5.91 Å². The van der Waals surface area contributed by atoms with Crippen LogP contribution in [0.25, 0.3) is 0 Å². The van der Waals surface area contributed by atoms with Gasteiger partial charge in [-0.15, -0.1) is 0 Å². The van der Waals surface area contributed by atoms with Crippen molar-refractivity contribution in [3.05, 3.63) is 52.7 Å². The molecule has 3 aliphatic rings. The van der Waals surface area contributed by atoms with E-state index < -0.39 is 6.03 Å². The first kappa shape index (κ1) is 26.6. The summed E-state index contributed by atoms with van der Waals surface area (Å²) in [5.74, 6) is -0.0188. The number of hydrogen-bond donors (Lipinski definition) is 1. The number of nitrogens with zero attached hydrogens (tertiary/aromatic N) is 5. The molecule has 1 N–H and O–H groups in total. The van der Waals surface area contributed by atoms with E-state index in [2.05, 4.69) is 21.3 Å². The fraction of sp³-hybridized carbons (Fsp3) is 0.483. The van der Waals surface area contributed by atoms with E-state index in [1.807, 2.05) is 40.0 Å². The maximum atomic E-state index is 13.8. The van der Waals surface area contributed by atoms with Crippen LogP contribution in [0.4, 0.5) is 16.3 Å². The molecular formula is C29H36N6O4. The normalized spacial score (nSPS) is 21.0. The molecule has 1 aromatic carbocycles. The van der Waals surface area contributed by atoms with Crippen LogP contribution in [0.1, 0.15) is 60.2 Å². The number of aryl methyl sites for hydroxylation is 2. The zero-order valence-electron chi connectivity index (χ0n) is 23.3. The Morgan fingerprint density at radius 1 is 1.00 bits per heavy atom. The summed E-state index contributed by atoms with van der Waals surface area (Å²) in [4.78, 5) is 63.1. The average molecular weight is 533 g/mol. The van der Waals surface area contributed by atoms with E-state index in [-0.39, 0.29) is 42.3 Å². The zero-order chi connectivity index (χ0) is 28.1. The van der Waals surface area contributed by atoms with Gasteiger partial charge in [0.05, 0.1) is 17.2 Å². The minimum atomic E-state index is -0.448. The van der Waals surface area contributed by atoms with E-state index >= 15 is 0 Å². The molecule has 5 amide bonds. The van der Waals surface area contributed by atoms with Gasteiger partial charge in [-0.1, -0.05) is 12.1 Å². The molecule has 3 fully saturated rings. The van der Waals surface area contributed by atoms with E-state index in [4.69, 9.17) is 0 Å². The van der Waals surface area contributed by atoms with Gasteiger partial charge in [0, 0.05) is 57.9 Å². The molecule has 0 saturated carbocycles. The molecule has 0 aliphatic carbocycles. The highest BCUT2D eigenvalue weighted by Gasteiger charge is 2.40. The molecular weight excluding hydrogens is 496 g/mol. The number of hydrogen-bond acceptors (Lipinski definition) is 6. The van der Waals surface area contributed by atoms with Crippen LogP contribution in [-0.4, -0.2) is 83.3 Å². The number of aromatic nitrogens is 1. The van der Waals surface area contributed by atoms with E-state index in [0.717, 1.165) is 22.5 Å². The number of carbonyl (C=O) groups is 4. The van der Waals surface area contributed by atoms with Crippen LogP contribution in [0.15, 0.2) is 30.5 Å². The van der Waals surface area contributed by atoms with Gasteiger partial charge in [-0.2, -0.15) is 0 Å². The van der Waals surface area contributed by atoms with Crippen molar-refractivity contribution in [3.63, 3.8) is 0 Å². The second-order valence-electron chi connectivity index (χ2n) is 11.4. The summed E-state index contributed by atoms with van der Waals surface area (Å²) < 4.78 is 0. The molecule has 10 nitrogen and oxygen atoms in total. The molecule has 2 aromatic rings. The summed E-state index contributed by atoms with van der Waals surface area (Å²) in [6.45, 7) is 12.2. The summed E-state index contributed by atoms with van der Waals surface area (Å²) in [7, 11) is 0. The Hall–Kier alpha value is -3.95. The molecule has 4 heterocycles. The number of pyridine rings is 1. The fourth-order valence-corrected chi connectivity index (χ4v) is 5.90. The first-order valence-electron chi connectivity index (χ1n) is 13.5. The molecule has 3 aliphatic heterocycles. The molecule has 39 heavy (non-hydrogen) atoms. The molecule has 5 rings (SSSR count). The first-order chi connectivity index (χ1) is 18.4. The Bertz CT molecular complexity index is 1350. The number of rotatable bonds is 4. The van der Waals surface area contributed by atoms with Gasteiger partial charge < -0.3 is 15.1 Å². The minimum absolute atomic E-state index is 0.0701. The molecule has 206 valence electrons. The van der Waals surface area contributed by atoms with Crippen molar-refractivity contribution in [3.8, 4) is 0 Å². The largest absolute Gasteiger partial charge is 0.353 e. The highest BCUT2D eigenvalue weighted by Crippen LogP contribution is 2.36. The van der Waals surface area contributed by atoms with Crippen LogP contribution in [0.5, 0.6) is 0 Å². The molecule has 0 radical (unpaired) electrons. The second-order valence-corrected chi connectivity index (χ2v) is 11.4. The molecule has 3 saturated heterocycles. The number of piperazine rings is 1. The van der Waals surface area contributed by atoms with E-state index in [0.29, 0.717) is 43.9 Å². The zero-order valence-corrected chi connectivity index (χ0v) is 23.3. The predicted octanol–water partition coefficient (Wildman–Crippen LogP) is 2.83. The van der Waals surface area contributed by atoms with Crippen LogP contribution in [0.3, 0.4) is 0 Å². The van der Waals surface area contributed by atoms with Crippen molar-refractivity contribution in [1.82, 2.24) is 20.1 Å². The van der Waals surface area contributed by atoms with Crippen molar-refractivity contribution >= 4 is 35.3 Å². The summed E-state index contributed by atoms with van der Waals surface area (Å²) in [6, 6.07) is 7.00. The first-order valence-corrected chi connectivity index (χ1v) is 13.5. The lowest BCUT2D eigenvalue weighted by Gasteiger charge is -2.36. The lowest BCUT2D eigenvalue weighted by atomic mass is 9.90. The van der Waals surface area contributed by atoms with Crippen molar-refractivity contribution in [1.29, 1.82) is 0 Å². The Morgan fingerprint density at radius 3 is 2.31 bits per heavy atom. The highest BCUT2D eigenvalue weighted by molar-refractivity contribution is 6.09. The van der Waals surface area contributed by atoms with Crippen LogP contribution in [-0.2, 0) is 9.59 Å². The van der Waals surface area contributed by atoms with Gasteiger partial charge >= 0.3 is 6.03 Å². The summed E-state index contributed by atoms with van der Waals surface area (Å²) in [5.41, 5.74) is 3.48. The van der Waals surface area contributed by atoms with Gasteiger partial charge in [0.2, 0.25) is 11.8 Å². The molecule has 1 aromatic heterocycles. The molecule has 1 unspecified atom stereocenters. The van der Waals surface area contributed by atoms with Gasteiger partial charge in [-0.25, -0.2) is 9.78 Å². The summed E-state index contributed by atoms with van der Waals surface area (Å²) in [5, 5.41) is 3.02. The quantitative estimate of drug-likeness (QED) is 0.649. The van der Waals surface area contributed by atoms with Gasteiger partial charge in [-0.05, 0) is 62.9 Å². The number of nitrogens with one attached hydrogen (secondary N) is 1. The summed E-state index contributed by atoms with van der Waals surface area (Å²) in [6.07, 6.45) is 2.47. The Morgan fingerprint density at radius 2 is 1.72 bits per heavy atom. The average Bonchev–Trinajstić information content (AvgIpc) is 3.41. The van der Waals surface area contributed by atoms with Crippen LogP contribution in [0.2, 0.25) is 0 Å². The fourth-order valence-electron chi connectivity index (χ4n) is 5.90. The third-order valence-corrected chi connectivity index (χ3v) is 7.88. The number of benzene rings is 1. The second kappa shape index (κ2) is 9.98. The van der Waals surface area contributed by atoms with E-state index in [9.17, 15) is 19.2 Å². The number of carbonyl (C=O) groups excluding carboxylic acids is 4. The van der Waals surface area contributed by atoms with Gasteiger partial charge in [-0.3, -0.25) is 24.2 Å².